The number of nitrogens with zero attached hydrogens (tertiary/aromatic N) is 1. The summed E-state index contributed by atoms with van der Waals surface area (Å²) >= 11 is 0. The summed E-state index contributed by atoms with van der Waals surface area (Å²) in [5.74, 6) is 0. The molecule has 274 valence electrons. The van der Waals surface area contributed by atoms with Crippen molar-refractivity contribution < 1.29 is 8.83 Å². The van der Waals surface area contributed by atoms with Gasteiger partial charge in [0.25, 0.3) is 0 Å². The molecule has 1 aliphatic rings. The largest absolute Gasteiger partial charge is 0.455 e. The maximum absolute atomic E-state index is 7.16. The molecule has 0 spiro atoms. The van der Waals surface area contributed by atoms with Gasteiger partial charge in [0, 0.05) is 49.0 Å². The Morgan fingerprint density at radius 2 is 0.983 bits per heavy atom. The monoisotopic (exact) mass is 743 g/mol. The molecule has 1 aliphatic carbocycles. The van der Waals surface area contributed by atoms with Crippen LogP contribution in [0.15, 0.2) is 197 Å². The summed E-state index contributed by atoms with van der Waals surface area (Å²) in [6.07, 6.45) is 0. The molecule has 0 saturated carbocycles. The first-order chi connectivity index (χ1) is 28.5. The average Bonchev–Trinajstić information content (AvgIpc) is 3.93. The molecular weight excluding hydrogens is 707 g/mol. The summed E-state index contributed by atoms with van der Waals surface area (Å²) < 4.78 is 14.0. The Kier molecular flexibility index (Phi) is 6.98. The summed E-state index contributed by atoms with van der Waals surface area (Å²) in [7, 11) is 0. The van der Waals surface area contributed by atoms with Crippen LogP contribution in [0.3, 0.4) is 0 Å². The van der Waals surface area contributed by atoms with Gasteiger partial charge in [-0.1, -0.05) is 166 Å². The molecule has 3 nitrogen and oxygen atoms in total. The van der Waals surface area contributed by atoms with Crippen molar-refractivity contribution >= 4 is 71.7 Å². The molecule has 0 N–H and O–H groups in total. The van der Waals surface area contributed by atoms with E-state index in [9.17, 15) is 0 Å². The van der Waals surface area contributed by atoms with Crippen molar-refractivity contribution in [2.75, 3.05) is 4.90 Å². The fourth-order valence-corrected chi connectivity index (χ4v) is 9.72. The first kappa shape index (κ1) is 32.8. The first-order valence-electron chi connectivity index (χ1n) is 20.0. The molecule has 0 fully saturated rings. The number of benzene rings is 9. The highest BCUT2D eigenvalue weighted by atomic mass is 16.3. The number of anilines is 3. The van der Waals surface area contributed by atoms with Crippen molar-refractivity contribution in [1.82, 2.24) is 0 Å². The van der Waals surface area contributed by atoms with E-state index in [2.05, 4.69) is 201 Å². The summed E-state index contributed by atoms with van der Waals surface area (Å²) in [4.78, 5) is 2.42. The molecule has 0 unspecified atom stereocenters. The van der Waals surface area contributed by atoms with E-state index in [1.807, 2.05) is 6.07 Å². The molecule has 0 amide bonds. The van der Waals surface area contributed by atoms with Crippen molar-refractivity contribution in [3.8, 4) is 33.4 Å². The SMILES string of the molecule is CC1(C)c2ccccc2-c2ccc(N(c3cc4c(oc5c(-c6ccccc6)ccc(-c6ccccc6)c54)c4ccccc34)c3cccc4c3oc3ccccc34)cc21. The van der Waals surface area contributed by atoms with Crippen molar-refractivity contribution in [3.05, 3.63) is 199 Å². The molecule has 3 heteroatoms. The highest BCUT2D eigenvalue weighted by Crippen LogP contribution is 2.53. The molecule has 11 aromatic rings. The summed E-state index contributed by atoms with van der Waals surface area (Å²) in [6, 6.07) is 67.5. The topological polar surface area (TPSA) is 29.5 Å². The van der Waals surface area contributed by atoms with Gasteiger partial charge in [0.05, 0.1) is 11.4 Å². The Bertz CT molecular complexity index is 3430. The zero-order chi connectivity index (χ0) is 38.5. The Morgan fingerprint density at radius 3 is 1.79 bits per heavy atom. The van der Waals surface area contributed by atoms with Gasteiger partial charge < -0.3 is 13.7 Å². The van der Waals surface area contributed by atoms with Gasteiger partial charge in [0.2, 0.25) is 0 Å². The van der Waals surface area contributed by atoms with Crippen LogP contribution in [0.4, 0.5) is 17.1 Å². The maximum Gasteiger partial charge on any atom is 0.159 e. The van der Waals surface area contributed by atoms with Crippen molar-refractivity contribution in [2.24, 2.45) is 0 Å². The molecule has 58 heavy (non-hydrogen) atoms. The quantitative estimate of drug-likeness (QED) is 0.176. The van der Waals surface area contributed by atoms with E-state index in [0.717, 1.165) is 94.0 Å². The third-order valence-corrected chi connectivity index (χ3v) is 12.5. The highest BCUT2D eigenvalue weighted by Gasteiger charge is 2.36. The third kappa shape index (κ3) is 4.68. The van der Waals surface area contributed by atoms with Gasteiger partial charge >= 0.3 is 0 Å². The fourth-order valence-electron chi connectivity index (χ4n) is 9.72. The molecule has 0 atom stereocenters. The van der Waals surface area contributed by atoms with Crippen LogP contribution < -0.4 is 4.90 Å². The third-order valence-electron chi connectivity index (χ3n) is 12.5. The minimum absolute atomic E-state index is 0.176. The van der Waals surface area contributed by atoms with Crippen LogP contribution in [-0.4, -0.2) is 0 Å². The lowest BCUT2D eigenvalue weighted by atomic mass is 9.82. The highest BCUT2D eigenvalue weighted by molar-refractivity contribution is 6.25. The standard InChI is InChI=1S/C55H37NO2/c1-55(2)46-25-13-11-20-39(46)40-29-28-36(32-47(40)55)56(48-26-15-24-44-42-22-12-14-27-50(42)57-53(44)48)49-33-45-51-37(34-16-5-3-6-17-34)30-31-38(35-18-7-4-8-19-35)54(51)58-52(45)43-23-10-9-21-41(43)49/h3-33H,1-2H3. The number of rotatable bonds is 5. The van der Waals surface area contributed by atoms with Crippen LogP contribution in [-0.2, 0) is 5.41 Å². The van der Waals surface area contributed by atoms with E-state index < -0.39 is 0 Å². The van der Waals surface area contributed by atoms with Crippen molar-refractivity contribution in [3.63, 3.8) is 0 Å². The average molecular weight is 744 g/mol. The van der Waals surface area contributed by atoms with Gasteiger partial charge in [-0.3, -0.25) is 0 Å². The number of hydrogen-bond donors (Lipinski definition) is 0. The van der Waals surface area contributed by atoms with Crippen LogP contribution in [0.25, 0.3) is 88.0 Å². The Labute approximate surface area is 336 Å². The van der Waals surface area contributed by atoms with E-state index in [0.29, 0.717) is 0 Å². The fraction of sp³-hybridized carbons (Fsp3) is 0.0545. The Morgan fingerprint density at radius 1 is 0.379 bits per heavy atom. The molecule has 2 aromatic heterocycles. The summed E-state index contributed by atoms with van der Waals surface area (Å²) in [5, 5.41) is 6.50. The number of fused-ring (bicyclic) bond motifs is 11. The van der Waals surface area contributed by atoms with Gasteiger partial charge in [0.15, 0.2) is 5.58 Å². The smallest absolute Gasteiger partial charge is 0.159 e. The number of hydrogen-bond acceptors (Lipinski definition) is 3. The lowest BCUT2D eigenvalue weighted by molar-refractivity contribution is 0.660. The van der Waals surface area contributed by atoms with Gasteiger partial charge in [-0.25, -0.2) is 0 Å². The second-order valence-corrected chi connectivity index (χ2v) is 16.0. The predicted octanol–water partition coefficient (Wildman–Crippen LogP) is 15.7. The molecule has 0 saturated heterocycles. The van der Waals surface area contributed by atoms with E-state index in [-0.39, 0.29) is 5.41 Å². The van der Waals surface area contributed by atoms with Crippen molar-refractivity contribution in [1.29, 1.82) is 0 Å². The molecule has 0 aliphatic heterocycles. The first-order valence-corrected chi connectivity index (χ1v) is 20.0. The second kappa shape index (κ2) is 12.3. The zero-order valence-electron chi connectivity index (χ0n) is 32.2. The lowest BCUT2D eigenvalue weighted by Crippen LogP contribution is -2.16. The summed E-state index contributed by atoms with van der Waals surface area (Å²) in [6.45, 7) is 4.69. The van der Waals surface area contributed by atoms with E-state index in [1.165, 1.54) is 22.3 Å². The van der Waals surface area contributed by atoms with Crippen LogP contribution in [0, 0.1) is 0 Å². The molecule has 2 heterocycles. The number of para-hydroxylation sites is 2. The molecule has 0 radical (unpaired) electrons. The second-order valence-electron chi connectivity index (χ2n) is 16.0. The van der Waals surface area contributed by atoms with Gasteiger partial charge in [0.1, 0.15) is 16.7 Å². The van der Waals surface area contributed by atoms with Crippen LogP contribution in [0.5, 0.6) is 0 Å². The van der Waals surface area contributed by atoms with Gasteiger partial charge in [-0.15, -0.1) is 0 Å². The summed E-state index contributed by atoms with van der Waals surface area (Å²) in [5.41, 5.74) is 16.1. The van der Waals surface area contributed by atoms with Gasteiger partial charge in [-0.05, 0) is 75.3 Å². The molecule has 9 aromatic carbocycles. The van der Waals surface area contributed by atoms with Crippen LogP contribution >= 0.6 is 0 Å². The zero-order valence-corrected chi connectivity index (χ0v) is 32.2. The molecular formula is C55H37NO2. The Balaban J connectivity index is 1.21. The maximum atomic E-state index is 7.16. The molecule has 12 rings (SSSR count). The van der Waals surface area contributed by atoms with Crippen LogP contribution in [0.1, 0.15) is 25.0 Å². The van der Waals surface area contributed by atoms with E-state index in [4.69, 9.17) is 8.83 Å². The van der Waals surface area contributed by atoms with E-state index in [1.54, 1.807) is 0 Å². The Hall–Kier alpha value is -7.36. The normalized spacial score (nSPS) is 13.1. The van der Waals surface area contributed by atoms with Crippen molar-refractivity contribution in [2.45, 2.75) is 19.3 Å². The van der Waals surface area contributed by atoms with Crippen LogP contribution in [0.2, 0.25) is 0 Å². The minimum atomic E-state index is -0.176. The number of furan rings is 2. The minimum Gasteiger partial charge on any atom is -0.455 e. The van der Waals surface area contributed by atoms with Gasteiger partial charge in [-0.2, -0.15) is 0 Å². The van der Waals surface area contributed by atoms with E-state index >= 15 is 0 Å². The predicted molar refractivity (Wildman–Crippen MR) is 242 cm³/mol. The molecule has 0 bridgehead atoms. The lowest BCUT2D eigenvalue weighted by Gasteiger charge is -2.29.